The molecule has 0 saturated heterocycles. The molecule has 2 aromatic carbocycles. The van der Waals surface area contributed by atoms with Crippen LogP contribution in [-0.2, 0) is 19.4 Å². The predicted molar refractivity (Wildman–Crippen MR) is 102 cm³/mol. The lowest BCUT2D eigenvalue weighted by molar-refractivity contribution is 0.0949. The molecule has 0 bridgehead atoms. The zero-order chi connectivity index (χ0) is 18.6. The van der Waals surface area contributed by atoms with E-state index < -0.39 is 0 Å². The third-order valence-electron chi connectivity index (χ3n) is 5.11. The van der Waals surface area contributed by atoms with Crippen LogP contribution < -0.4 is 5.32 Å². The molecule has 1 aliphatic rings. The number of fused-ring (bicyclic) bond motifs is 1. The number of imidazole rings is 1. The molecule has 5 heteroatoms. The number of aryl methyl sites for hydroxylation is 1. The molecule has 1 unspecified atom stereocenters. The Hall–Kier alpha value is -2.95. The normalized spacial score (nSPS) is 16.0. The average molecular weight is 363 g/mol. The van der Waals surface area contributed by atoms with Crippen LogP contribution in [0.2, 0.25) is 0 Å². The van der Waals surface area contributed by atoms with Gasteiger partial charge in [-0.3, -0.25) is 4.79 Å². The molecule has 1 atom stereocenters. The third kappa shape index (κ3) is 4.08. The number of hydrogen-bond donors (Lipinski definition) is 1. The van der Waals surface area contributed by atoms with Gasteiger partial charge >= 0.3 is 0 Å². The van der Waals surface area contributed by atoms with Gasteiger partial charge in [0.1, 0.15) is 17.3 Å². The Labute approximate surface area is 158 Å². The summed E-state index contributed by atoms with van der Waals surface area (Å²) >= 11 is 0. The first-order valence-electron chi connectivity index (χ1n) is 9.32. The minimum absolute atomic E-state index is 0.133. The molecule has 138 valence electrons. The number of carbonyl (C=O) groups is 1. The fourth-order valence-corrected chi connectivity index (χ4v) is 3.62. The number of amides is 1. The van der Waals surface area contributed by atoms with Crippen molar-refractivity contribution in [3.8, 4) is 0 Å². The van der Waals surface area contributed by atoms with Gasteiger partial charge in [0.2, 0.25) is 0 Å². The second kappa shape index (κ2) is 7.74. The van der Waals surface area contributed by atoms with Crippen molar-refractivity contribution in [2.24, 2.45) is 0 Å². The van der Waals surface area contributed by atoms with Gasteiger partial charge in [-0.2, -0.15) is 0 Å². The maximum atomic E-state index is 13.1. The number of rotatable bonds is 5. The minimum Gasteiger partial charge on any atom is -0.350 e. The predicted octanol–water partition coefficient (Wildman–Crippen LogP) is 3.72. The Kier molecular flexibility index (Phi) is 5.01. The number of halogens is 1. The van der Waals surface area contributed by atoms with E-state index >= 15 is 0 Å². The summed E-state index contributed by atoms with van der Waals surface area (Å²) < 4.78 is 15.2. The van der Waals surface area contributed by atoms with E-state index in [1.807, 2.05) is 36.5 Å². The van der Waals surface area contributed by atoms with Crippen LogP contribution in [0.1, 0.15) is 39.8 Å². The monoisotopic (exact) mass is 363 g/mol. The second-order valence-corrected chi connectivity index (χ2v) is 6.97. The number of nitrogens with one attached hydrogen (secondary N) is 1. The van der Waals surface area contributed by atoms with E-state index in [2.05, 4.69) is 27.0 Å². The highest BCUT2D eigenvalue weighted by atomic mass is 19.1. The van der Waals surface area contributed by atoms with Gasteiger partial charge in [0.15, 0.2) is 0 Å². The van der Waals surface area contributed by atoms with Crippen LogP contribution in [0.25, 0.3) is 0 Å². The van der Waals surface area contributed by atoms with Gasteiger partial charge in [-0.15, -0.1) is 0 Å². The molecule has 0 radical (unpaired) electrons. The van der Waals surface area contributed by atoms with E-state index in [4.69, 9.17) is 0 Å². The van der Waals surface area contributed by atoms with Crippen molar-refractivity contribution in [3.63, 3.8) is 0 Å². The van der Waals surface area contributed by atoms with Gasteiger partial charge < -0.3 is 9.88 Å². The number of carbonyl (C=O) groups excluding carboxylic acids is 1. The molecule has 0 fully saturated rings. The van der Waals surface area contributed by atoms with Crippen molar-refractivity contribution in [1.29, 1.82) is 0 Å². The Morgan fingerprint density at radius 3 is 2.70 bits per heavy atom. The van der Waals surface area contributed by atoms with Crippen molar-refractivity contribution in [1.82, 2.24) is 14.9 Å². The van der Waals surface area contributed by atoms with Gasteiger partial charge in [0, 0.05) is 31.6 Å². The van der Waals surface area contributed by atoms with Crippen molar-refractivity contribution in [3.05, 3.63) is 89.3 Å². The molecule has 2 heterocycles. The Morgan fingerprint density at radius 1 is 1.15 bits per heavy atom. The highest BCUT2D eigenvalue weighted by Gasteiger charge is 2.23. The molecule has 27 heavy (non-hydrogen) atoms. The SMILES string of the molecule is O=C(NCCc1ccccc1)c1cn2c(n1)CCC(c1ccc(F)cc1)C2. The maximum absolute atomic E-state index is 13.1. The summed E-state index contributed by atoms with van der Waals surface area (Å²) in [7, 11) is 0. The summed E-state index contributed by atoms with van der Waals surface area (Å²) in [5, 5.41) is 2.95. The number of hydrogen-bond acceptors (Lipinski definition) is 2. The first kappa shape index (κ1) is 17.5. The molecule has 4 rings (SSSR count). The number of aromatic nitrogens is 2. The second-order valence-electron chi connectivity index (χ2n) is 6.97. The summed E-state index contributed by atoms with van der Waals surface area (Å²) in [5.41, 5.74) is 2.80. The zero-order valence-electron chi connectivity index (χ0n) is 15.1. The van der Waals surface area contributed by atoms with Crippen LogP contribution in [0.15, 0.2) is 60.8 Å². The molecule has 1 amide bonds. The molecule has 0 spiro atoms. The van der Waals surface area contributed by atoms with Crippen LogP contribution in [0.4, 0.5) is 4.39 Å². The minimum atomic E-state index is -0.215. The molecule has 1 aromatic heterocycles. The van der Waals surface area contributed by atoms with Crippen LogP contribution in [0.5, 0.6) is 0 Å². The molecule has 1 aliphatic heterocycles. The van der Waals surface area contributed by atoms with Crippen molar-refractivity contribution >= 4 is 5.91 Å². The van der Waals surface area contributed by atoms with E-state index in [0.29, 0.717) is 18.2 Å². The van der Waals surface area contributed by atoms with Crippen LogP contribution in [0, 0.1) is 5.82 Å². The van der Waals surface area contributed by atoms with Crippen molar-refractivity contribution in [2.45, 2.75) is 31.7 Å². The molecular weight excluding hydrogens is 341 g/mol. The number of nitrogens with zero attached hydrogens (tertiary/aromatic N) is 2. The quantitative estimate of drug-likeness (QED) is 0.751. The van der Waals surface area contributed by atoms with Gasteiger partial charge in [-0.25, -0.2) is 9.37 Å². The largest absolute Gasteiger partial charge is 0.350 e. The summed E-state index contributed by atoms with van der Waals surface area (Å²) in [4.78, 5) is 16.9. The Bertz CT molecular complexity index is 918. The molecule has 0 saturated carbocycles. The van der Waals surface area contributed by atoms with Crippen LogP contribution in [0.3, 0.4) is 0 Å². The van der Waals surface area contributed by atoms with Crippen LogP contribution in [-0.4, -0.2) is 22.0 Å². The lowest BCUT2D eigenvalue weighted by Gasteiger charge is -2.24. The average Bonchev–Trinajstić information content (AvgIpc) is 3.13. The summed E-state index contributed by atoms with van der Waals surface area (Å²) in [6.45, 7) is 1.36. The molecule has 1 N–H and O–H groups in total. The smallest absolute Gasteiger partial charge is 0.271 e. The lowest BCUT2D eigenvalue weighted by Crippen LogP contribution is -2.26. The van der Waals surface area contributed by atoms with Crippen LogP contribution >= 0.6 is 0 Å². The Balaban J connectivity index is 1.37. The van der Waals surface area contributed by atoms with E-state index in [-0.39, 0.29) is 11.7 Å². The van der Waals surface area contributed by atoms with Crippen molar-refractivity contribution in [2.75, 3.05) is 6.54 Å². The topological polar surface area (TPSA) is 46.9 Å². The maximum Gasteiger partial charge on any atom is 0.271 e. The molecular formula is C22H22FN3O. The summed E-state index contributed by atoms with van der Waals surface area (Å²) in [6, 6.07) is 16.8. The standard InChI is InChI=1S/C22H22FN3O/c23-19-9-6-17(7-10-19)18-8-11-21-25-20(15-26(21)14-18)22(27)24-13-12-16-4-2-1-3-5-16/h1-7,9-10,15,18H,8,11-14H2,(H,24,27). The first-order valence-corrected chi connectivity index (χ1v) is 9.32. The highest BCUT2D eigenvalue weighted by molar-refractivity contribution is 5.92. The van der Waals surface area contributed by atoms with E-state index in [0.717, 1.165) is 37.2 Å². The summed E-state index contributed by atoms with van der Waals surface area (Å²) in [6.07, 6.45) is 4.41. The molecule has 4 nitrogen and oxygen atoms in total. The van der Waals surface area contributed by atoms with Gasteiger partial charge in [-0.05, 0) is 36.1 Å². The molecule has 0 aliphatic carbocycles. The zero-order valence-corrected chi connectivity index (χ0v) is 15.1. The van der Waals surface area contributed by atoms with Gasteiger partial charge in [0.05, 0.1) is 0 Å². The lowest BCUT2D eigenvalue weighted by atomic mass is 9.92. The van der Waals surface area contributed by atoms with Gasteiger partial charge in [-0.1, -0.05) is 42.5 Å². The van der Waals surface area contributed by atoms with Crippen molar-refractivity contribution < 1.29 is 9.18 Å². The highest BCUT2D eigenvalue weighted by Crippen LogP contribution is 2.28. The van der Waals surface area contributed by atoms with E-state index in [9.17, 15) is 9.18 Å². The summed E-state index contributed by atoms with van der Waals surface area (Å²) in [5.74, 6) is 0.918. The van der Waals surface area contributed by atoms with E-state index in [1.165, 1.54) is 17.7 Å². The number of benzene rings is 2. The van der Waals surface area contributed by atoms with E-state index in [1.54, 1.807) is 0 Å². The fraction of sp³-hybridized carbons (Fsp3) is 0.273. The molecule has 3 aromatic rings. The fourth-order valence-electron chi connectivity index (χ4n) is 3.62. The first-order chi connectivity index (χ1) is 13.2. The Morgan fingerprint density at radius 2 is 1.93 bits per heavy atom. The van der Waals surface area contributed by atoms with Gasteiger partial charge in [0.25, 0.3) is 5.91 Å². The third-order valence-corrected chi connectivity index (χ3v) is 5.11.